The molecule has 0 bridgehead atoms. The number of nitrogens with zero attached hydrogens (tertiary/aromatic N) is 5. The molecule has 0 aliphatic carbocycles. The first-order valence-electron chi connectivity index (χ1n) is 12.5. The highest BCUT2D eigenvalue weighted by atomic mass is 35.5. The molecule has 2 aliphatic heterocycles. The van der Waals surface area contributed by atoms with Gasteiger partial charge in [-0.25, -0.2) is 13.4 Å². The Labute approximate surface area is 218 Å². The van der Waals surface area contributed by atoms with Crippen LogP contribution in [0, 0.1) is 5.92 Å². The van der Waals surface area contributed by atoms with Crippen LogP contribution in [-0.4, -0.2) is 49.4 Å². The molecule has 7 nitrogen and oxygen atoms in total. The van der Waals surface area contributed by atoms with Crippen LogP contribution in [0.15, 0.2) is 59.5 Å². The largest absolute Gasteiger partial charge is 0.356 e. The van der Waals surface area contributed by atoms with Gasteiger partial charge in [0.05, 0.1) is 10.6 Å². The fourth-order valence-corrected chi connectivity index (χ4v) is 6.63. The second-order valence-corrected chi connectivity index (χ2v) is 12.2. The highest BCUT2D eigenvalue weighted by Crippen LogP contribution is 2.34. The molecule has 190 valence electrons. The van der Waals surface area contributed by atoms with Crippen molar-refractivity contribution in [3.63, 3.8) is 0 Å². The van der Waals surface area contributed by atoms with Gasteiger partial charge in [-0.3, -0.25) is 0 Å². The van der Waals surface area contributed by atoms with E-state index in [0.717, 1.165) is 43.0 Å². The molecule has 0 N–H and O–H groups in total. The molecule has 1 saturated heterocycles. The van der Waals surface area contributed by atoms with Gasteiger partial charge >= 0.3 is 0 Å². The summed E-state index contributed by atoms with van der Waals surface area (Å²) in [5.74, 6) is 2.23. The fraction of sp³-hybridized carbons (Fsp3) is 0.407. The van der Waals surface area contributed by atoms with Crippen LogP contribution in [0.5, 0.6) is 0 Å². The molecule has 0 unspecified atom stereocenters. The van der Waals surface area contributed by atoms with Gasteiger partial charge in [-0.05, 0) is 42.5 Å². The number of aromatic nitrogens is 2. The smallest absolute Gasteiger partial charge is 0.243 e. The Morgan fingerprint density at radius 3 is 2.50 bits per heavy atom. The van der Waals surface area contributed by atoms with Crippen molar-refractivity contribution in [1.29, 1.82) is 0 Å². The molecule has 0 radical (unpaired) electrons. The number of fused-ring (bicyclic) bond motifs is 1. The summed E-state index contributed by atoms with van der Waals surface area (Å²) in [7, 11) is -1.68. The van der Waals surface area contributed by atoms with Crippen LogP contribution in [-0.2, 0) is 29.5 Å². The maximum atomic E-state index is 13.5. The Kier molecular flexibility index (Phi) is 7.19. The van der Waals surface area contributed by atoms with Crippen molar-refractivity contribution in [3.8, 4) is 0 Å². The Balaban J connectivity index is 1.49. The van der Waals surface area contributed by atoms with E-state index in [2.05, 4.69) is 28.9 Å². The quantitative estimate of drug-likeness (QED) is 0.462. The van der Waals surface area contributed by atoms with Crippen molar-refractivity contribution in [3.05, 3.63) is 76.4 Å². The zero-order valence-corrected chi connectivity index (χ0v) is 22.3. The zero-order valence-electron chi connectivity index (χ0n) is 20.8. The van der Waals surface area contributed by atoms with Gasteiger partial charge < -0.3 is 9.80 Å². The SMILES string of the molecule is CC1CCN(c2nc(N(C)Cc3ccccc3)nc3c2CN(S(=O)(=O)c2cccc(Cl)c2)CC3)CC1. The van der Waals surface area contributed by atoms with Gasteiger partial charge in [-0.1, -0.05) is 54.9 Å². The first-order valence-corrected chi connectivity index (χ1v) is 14.3. The number of anilines is 2. The van der Waals surface area contributed by atoms with E-state index in [1.165, 1.54) is 15.9 Å². The summed E-state index contributed by atoms with van der Waals surface area (Å²) < 4.78 is 28.5. The van der Waals surface area contributed by atoms with Crippen LogP contribution >= 0.6 is 11.6 Å². The van der Waals surface area contributed by atoms with E-state index in [9.17, 15) is 8.42 Å². The van der Waals surface area contributed by atoms with Crippen molar-refractivity contribution in [2.45, 2.75) is 44.2 Å². The van der Waals surface area contributed by atoms with Crippen LogP contribution in [0.4, 0.5) is 11.8 Å². The molecule has 0 atom stereocenters. The second kappa shape index (κ2) is 10.4. The third kappa shape index (κ3) is 5.21. The molecule has 36 heavy (non-hydrogen) atoms. The highest BCUT2D eigenvalue weighted by molar-refractivity contribution is 7.89. The first kappa shape index (κ1) is 25.0. The topological polar surface area (TPSA) is 69.6 Å². The van der Waals surface area contributed by atoms with Crippen LogP contribution in [0.2, 0.25) is 5.02 Å². The Morgan fingerprint density at radius 1 is 1.03 bits per heavy atom. The van der Waals surface area contributed by atoms with Crippen molar-refractivity contribution < 1.29 is 8.42 Å². The summed E-state index contributed by atoms with van der Waals surface area (Å²) in [6, 6.07) is 16.7. The molecule has 0 spiro atoms. The van der Waals surface area contributed by atoms with Crippen LogP contribution in [0.3, 0.4) is 0 Å². The van der Waals surface area contributed by atoms with Gasteiger partial charge in [0.2, 0.25) is 16.0 Å². The maximum absolute atomic E-state index is 13.5. The lowest BCUT2D eigenvalue weighted by molar-refractivity contribution is 0.384. The predicted molar refractivity (Wildman–Crippen MR) is 144 cm³/mol. The summed E-state index contributed by atoms with van der Waals surface area (Å²) in [4.78, 5) is 14.6. The number of halogens is 1. The minimum atomic E-state index is -3.69. The summed E-state index contributed by atoms with van der Waals surface area (Å²) >= 11 is 6.10. The highest BCUT2D eigenvalue weighted by Gasteiger charge is 2.33. The van der Waals surface area contributed by atoms with Gasteiger partial charge in [0, 0.05) is 56.8 Å². The lowest BCUT2D eigenvalue weighted by Gasteiger charge is -2.36. The minimum absolute atomic E-state index is 0.215. The molecule has 2 aromatic carbocycles. The summed E-state index contributed by atoms with van der Waals surface area (Å²) in [6.07, 6.45) is 2.73. The Bertz CT molecular complexity index is 1330. The van der Waals surface area contributed by atoms with Crippen molar-refractivity contribution in [1.82, 2.24) is 14.3 Å². The molecule has 1 aromatic heterocycles. The maximum Gasteiger partial charge on any atom is 0.243 e. The number of benzene rings is 2. The van der Waals surface area contributed by atoms with E-state index in [-0.39, 0.29) is 11.4 Å². The molecule has 5 rings (SSSR count). The first-order chi connectivity index (χ1) is 17.3. The second-order valence-electron chi connectivity index (χ2n) is 9.83. The summed E-state index contributed by atoms with van der Waals surface area (Å²) in [5, 5.41) is 0.408. The average molecular weight is 526 g/mol. The number of piperidine rings is 1. The molecular weight excluding hydrogens is 494 g/mol. The van der Waals surface area contributed by atoms with E-state index < -0.39 is 10.0 Å². The van der Waals surface area contributed by atoms with Gasteiger partial charge in [0.15, 0.2) is 0 Å². The number of rotatable bonds is 6. The van der Waals surface area contributed by atoms with E-state index in [4.69, 9.17) is 21.6 Å². The Morgan fingerprint density at radius 2 is 1.78 bits per heavy atom. The van der Waals surface area contributed by atoms with Gasteiger partial charge in [0.1, 0.15) is 5.82 Å². The van der Waals surface area contributed by atoms with Gasteiger partial charge in [0.25, 0.3) is 0 Å². The average Bonchev–Trinajstić information content (AvgIpc) is 2.89. The summed E-state index contributed by atoms with van der Waals surface area (Å²) in [6.45, 7) is 5.43. The molecule has 0 saturated carbocycles. The van der Waals surface area contributed by atoms with Crippen LogP contribution in [0.1, 0.15) is 36.6 Å². The number of hydrogen-bond donors (Lipinski definition) is 0. The van der Waals surface area contributed by atoms with E-state index in [1.54, 1.807) is 18.2 Å². The lowest BCUT2D eigenvalue weighted by Crippen LogP contribution is -2.40. The molecule has 9 heteroatoms. The standard InChI is InChI=1S/C27H32ClN5O2S/c1-20-11-14-32(15-12-20)26-24-19-33(36(34,35)23-10-6-9-22(28)17-23)16-13-25(24)29-27(30-26)31(2)18-21-7-4-3-5-8-21/h3-10,17,20H,11-16,18-19H2,1-2H3. The molecule has 3 aromatic rings. The van der Waals surface area contributed by atoms with E-state index in [1.807, 2.05) is 25.2 Å². The fourth-order valence-electron chi connectivity index (χ4n) is 4.92. The molecule has 3 heterocycles. The van der Waals surface area contributed by atoms with Crippen molar-refractivity contribution in [2.75, 3.05) is 36.5 Å². The molecular formula is C27H32ClN5O2S. The normalized spacial score (nSPS) is 17.1. The number of sulfonamides is 1. The van der Waals surface area contributed by atoms with E-state index >= 15 is 0 Å². The van der Waals surface area contributed by atoms with Crippen LogP contribution < -0.4 is 9.80 Å². The van der Waals surface area contributed by atoms with Gasteiger partial charge in [-0.2, -0.15) is 9.29 Å². The van der Waals surface area contributed by atoms with Crippen molar-refractivity contribution >= 4 is 33.4 Å². The zero-order chi connectivity index (χ0) is 25.3. The lowest BCUT2D eigenvalue weighted by atomic mass is 9.98. The Hall–Kier alpha value is -2.68. The molecule has 0 amide bonds. The third-order valence-corrected chi connectivity index (χ3v) is 9.19. The predicted octanol–water partition coefficient (Wildman–Crippen LogP) is 4.75. The minimum Gasteiger partial charge on any atom is -0.356 e. The third-order valence-electron chi connectivity index (χ3n) is 7.11. The van der Waals surface area contributed by atoms with E-state index in [0.29, 0.717) is 36.4 Å². The monoisotopic (exact) mass is 525 g/mol. The molecule has 1 fully saturated rings. The van der Waals surface area contributed by atoms with Crippen molar-refractivity contribution in [2.24, 2.45) is 5.92 Å². The number of hydrogen-bond acceptors (Lipinski definition) is 6. The van der Waals surface area contributed by atoms with Gasteiger partial charge in [-0.15, -0.1) is 0 Å². The summed E-state index contributed by atoms with van der Waals surface area (Å²) in [5.41, 5.74) is 3.04. The van der Waals surface area contributed by atoms with Crippen LogP contribution in [0.25, 0.3) is 0 Å². The molecule has 2 aliphatic rings.